The molecule has 0 heterocycles. The second kappa shape index (κ2) is 9.61. The van der Waals surface area contributed by atoms with E-state index in [-0.39, 0.29) is 19.0 Å². The van der Waals surface area contributed by atoms with Crippen LogP contribution in [-0.4, -0.2) is 31.5 Å². The average Bonchev–Trinajstić information content (AvgIpc) is 2.48. The first kappa shape index (κ1) is 16.8. The van der Waals surface area contributed by atoms with Crippen LogP contribution in [0.4, 0.5) is 0 Å². The van der Waals surface area contributed by atoms with Crippen LogP contribution in [-0.2, 0) is 0 Å². The van der Waals surface area contributed by atoms with Crippen LogP contribution in [0.2, 0.25) is 0 Å². The maximum Gasteiger partial charge on any atom is 0.119 e. The normalized spacial score (nSPS) is 13.6. The van der Waals surface area contributed by atoms with Crippen molar-refractivity contribution in [3.05, 3.63) is 46.8 Å². The molecule has 0 aliphatic rings. The van der Waals surface area contributed by atoms with E-state index in [4.69, 9.17) is 9.47 Å². The third-order valence-electron chi connectivity index (χ3n) is 3.34. The van der Waals surface area contributed by atoms with Crippen LogP contribution in [0.15, 0.2) is 46.8 Å². The molecule has 0 saturated carbocycles. The van der Waals surface area contributed by atoms with Crippen LogP contribution in [0, 0.1) is 0 Å². The zero-order chi connectivity index (χ0) is 14.8. The summed E-state index contributed by atoms with van der Waals surface area (Å²) in [6.45, 7) is 8.55. The van der Waals surface area contributed by atoms with Gasteiger partial charge in [-0.15, -0.1) is 0 Å². The lowest BCUT2D eigenvalue weighted by Gasteiger charge is -2.08. The van der Waals surface area contributed by atoms with Gasteiger partial charge in [-0.3, -0.25) is 0 Å². The van der Waals surface area contributed by atoms with Gasteiger partial charge in [0.05, 0.1) is 31.5 Å². The van der Waals surface area contributed by atoms with Crippen molar-refractivity contribution in [2.75, 3.05) is 12.5 Å². The van der Waals surface area contributed by atoms with E-state index in [0.29, 0.717) is 0 Å². The van der Waals surface area contributed by atoms with Gasteiger partial charge in [0.25, 0.3) is 0 Å². The average molecular weight is 307 g/mol. The maximum atomic E-state index is 5.76. The molecule has 4 heteroatoms. The molecule has 0 aliphatic carbocycles. The van der Waals surface area contributed by atoms with Gasteiger partial charge >= 0.3 is 0 Å². The molecular weight excluding hydrogens is 280 g/mol. The molecule has 0 aromatic heterocycles. The predicted octanol–water partition coefficient (Wildman–Crippen LogP) is 2.54. The maximum absolute atomic E-state index is 5.76. The predicted molar refractivity (Wildman–Crippen MR) is 93.4 cm³/mol. The molecule has 0 spiro atoms. The summed E-state index contributed by atoms with van der Waals surface area (Å²) in [4.78, 5) is 0. The summed E-state index contributed by atoms with van der Waals surface area (Å²) < 4.78 is 11.5. The minimum Gasteiger partial charge on any atom is -0.497 e. The van der Waals surface area contributed by atoms with Gasteiger partial charge in [-0.05, 0) is 52.0 Å². The molecular formula is C16H26O2Si2. The first-order valence-electron chi connectivity index (χ1n) is 7.25. The topological polar surface area (TPSA) is 18.5 Å². The molecule has 20 heavy (non-hydrogen) atoms. The van der Waals surface area contributed by atoms with Crippen LogP contribution in [0.5, 0.6) is 11.5 Å². The Labute approximate surface area is 127 Å². The minimum atomic E-state index is -0.236. The van der Waals surface area contributed by atoms with Gasteiger partial charge in [0.15, 0.2) is 0 Å². The number of ether oxygens (including phenoxy) is 2. The largest absolute Gasteiger partial charge is 0.497 e. The van der Waals surface area contributed by atoms with Gasteiger partial charge < -0.3 is 9.47 Å². The number of allylic oxidation sites excluding steroid dienone is 4. The van der Waals surface area contributed by atoms with Gasteiger partial charge in [0.1, 0.15) is 11.5 Å². The molecule has 0 saturated heterocycles. The zero-order valence-electron chi connectivity index (χ0n) is 13.1. The number of hydrogen-bond acceptors (Lipinski definition) is 2. The summed E-state index contributed by atoms with van der Waals surface area (Å²) in [6, 6.07) is 8.00. The molecule has 0 bridgehead atoms. The van der Waals surface area contributed by atoms with Crippen molar-refractivity contribution in [1.82, 2.24) is 0 Å². The Hall–Kier alpha value is -1.27. The van der Waals surface area contributed by atoms with Gasteiger partial charge in [-0.25, -0.2) is 0 Å². The van der Waals surface area contributed by atoms with Gasteiger partial charge in [0.2, 0.25) is 0 Å². The highest BCUT2D eigenvalue weighted by atomic mass is 28.2. The second-order valence-corrected chi connectivity index (χ2v) is 8.99. The highest BCUT2D eigenvalue weighted by Gasteiger charge is 1.98. The molecule has 0 N–H and O–H groups in total. The van der Waals surface area contributed by atoms with E-state index in [9.17, 15) is 0 Å². The fourth-order valence-corrected chi connectivity index (χ4v) is 3.48. The summed E-state index contributed by atoms with van der Waals surface area (Å²) in [5, 5.41) is 2.99. The molecule has 0 atom stereocenters. The van der Waals surface area contributed by atoms with E-state index in [1.54, 1.807) is 0 Å². The number of benzene rings is 1. The Morgan fingerprint density at radius 1 is 0.850 bits per heavy atom. The van der Waals surface area contributed by atoms with Crippen LogP contribution < -0.4 is 9.47 Å². The van der Waals surface area contributed by atoms with Gasteiger partial charge in [-0.1, -0.05) is 22.5 Å². The third-order valence-corrected chi connectivity index (χ3v) is 6.55. The van der Waals surface area contributed by atoms with Crippen molar-refractivity contribution in [3.8, 4) is 11.5 Å². The number of hydrogen-bond donors (Lipinski definition) is 0. The third kappa shape index (κ3) is 6.77. The first-order chi connectivity index (χ1) is 9.65. The van der Waals surface area contributed by atoms with Crippen LogP contribution in [0.1, 0.15) is 27.7 Å². The van der Waals surface area contributed by atoms with E-state index in [2.05, 4.69) is 39.8 Å². The molecule has 110 valence electrons. The molecule has 0 unspecified atom stereocenters. The highest BCUT2D eigenvalue weighted by Crippen LogP contribution is 2.17. The lowest BCUT2D eigenvalue weighted by molar-refractivity contribution is 0.374. The Balaban J connectivity index is 2.33. The van der Waals surface area contributed by atoms with Gasteiger partial charge in [-0.2, -0.15) is 0 Å². The molecule has 1 aromatic rings. The van der Waals surface area contributed by atoms with E-state index in [1.165, 1.54) is 10.4 Å². The van der Waals surface area contributed by atoms with E-state index >= 15 is 0 Å². The summed E-state index contributed by atoms with van der Waals surface area (Å²) in [5.74, 6) is 1.88. The van der Waals surface area contributed by atoms with Crippen molar-refractivity contribution in [1.29, 1.82) is 0 Å². The molecule has 0 amide bonds. The SMILES string of the molecule is CC=C(C)[SiH2]COc1ccc(OC[SiH2]C(C)=CC)cc1. The van der Waals surface area contributed by atoms with Crippen molar-refractivity contribution in [2.24, 2.45) is 0 Å². The number of rotatable bonds is 8. The fourth-order valence-electron chi connectivity index (χ4n) is 1.58. The molecule has 1 aromatic carbocycles. The molecule has 0 fully saturated rings. The van der Waals surface area contributed by atoms with Crippen LogP contribution in [0.3, 0.4) is 0 Å². The van der Waals surface area contributed by atoms with E-state index in [1.807, 2.05) is 24.3 Å². The Morgan fingerprint density at radius 2 is 1.20 bits per heavy atom. The van der Waals surface area contributed by atoms with Crippen molar-refractivity contribution in [2.45, 2.75) is 27.7 Å². The molecule has 2 nitrogen and oxygen atoms in total. The van der Waals surface area contributed by atoms with Crippen LogP contribution in [0.25, 0.3) is 0 Å². The summed E-state index contributed by atoms with van der Waals surface area (Å²) in [6.07, 6.45) is 6.10. The molecule has 0 radical (unpaired) electrons. The minimum absolute atomic E-state index is 0.236. The summed E-state index contributed by atoms with van der Waals surface area (Å²) >= 11 is 0. The zero-order valence-corrected chi connectivity index (χ0v) is 15.9. The monoisotopic (exact) mass is 306 g/mol. The molecule has 0 aliphatic heterocycles. The van der Waals surface area contributed by atoms with E-state index in [0.717, 1.165) is 24.0 Å². The fraction of sp³-hybridized carbons (Fsp3) is 0.375. The standard InChI is InChI=1S/C16H26O2Si2/c1-5-13(3)19-11-17-15-7-9-16(10-8-15)18-12-20-14(4)6-2/h5-10H,11-12,19-20H2,1-4H3. The lowest BCUT2D eigenvalue weighted by atomic mass is 10.3. The van der Waals surface area contributed by atoms with Crippen molar-refractivity contribution >= 4 is 19.0 Å². The van der Waals surface area contributed by atoms with Crippen molar-refractivity contribution < 1.29 is 9.47 Å². The highest BCUT2D eigenvalue weighted by molar-refractivity contribution is 6.45. The Bertz CT molecular complexity index is 407. The van der Waals surface area contributed by atoms with Crippen LogP contribution >= 0.6 is 0 Å². The second-order valence-electron chi connectivity index (χ2n) is 4.94. The molecule has 1 rings (SSSR count). The summed E-state index contributed by atoms with van der Waals surface area (Å²) in [7, 11) is -0.472. The first-order valence-corrected chi connectivity index (χ1v) is 10.7. The quantitative estimate of drug-likeness (QED) is 0.687. The Kier molecular flexibility index (Phi) is 8.06. The van der Waals surface area contributed by atoms with Gasteiger partial charge in [0, 0.05) is 0 Å². The van der Waals surface area contributed by atoms with E-state index < -0.39 is 0 Å². The smallest absolute Gasteiger partial charge is 0.119 e. The van der Waals surface area contributed by atoms with Crippen molar-refractivity contribution in [3.63, 3.8) is 0 Å². The Morgan fingerprint density at radius 3 is 1.50 bits per heavy atom. The summed E-state index contributed by atoms with van der Waals surface area (Å²) in [5.41, 5.74) is 0. The lowest BCUT2D eigenvalue weighted by Crippen LogP contribution is -2.09.